The Kier molecular flexibility index (Phi) is 5.98. The van der Waals surface area contributed by atoms with E-state index >= 15 is 0 Å². The highest BCUT2D eigenvalue weighted by Gasteiger charge is 2.12. The van der Waals surface area contributed by atoms with Gasteiger partial charge in [-0.25, -0.2) is 0 Å². The second kappa shape index (κ2) is 8.19. The van der Waals surface area contributed by atoms with Gasteiger partial charge in [-0.1, -0.05) is 53.2 Å². The van der Waals surface area contributed by atoms with Crippen molar-refractivity contribution < 1.29 is 0 Å². The summed E-state index contributed by atoms with van der Waals surface area (Å²) in [5.41, 5.74) is 1.01. The monoisotopic (exact) mass is 380 g/mol. The summed E-state index contributed by atoms with van der Waals surface area (Å²) in [6.07, 6.45) is 9.77. The van der Waals surface area contributed by atoms with Gasteiger partial charge in [0, 0.05) is 22.0 Å². The number of benzene rings is 1. The summed E-state index contributed by atoms with van der Waals surface area (Å²) in [6, 6.07) is 5.53. The van der Waals surface area contributed by atoms with Gasteiger partial charge in [-0.05, 0) is 49.8 Å². The Hall–Kier alpha value is -1.30. The van der Waals surface area contributed by atoms with Crippen LogP contribution in [-0.4, -0.2) is 21.1 Å². The molecule has 0 saturated carbocycles. The third kappa shape index (κ3) is 4.41. The molecule has 0 N–H and O–H groups in total. The van der Waals surface area contributed by atoms with Gasteiger partial charge in [0.05, 0.1) is 0 Å². The van der Waals surface area contributed by atoms with Gasteiger partial charge < -0.3 is 0 Å². The molecule has 0 bridgehead atoms. The van der Waals surface area contributed by atoms with Crippen LogP contribution in [0.2, 0.25) is 10.0 Å². The largest absolute Gasteiger partial charge is 0.212 e. The van der Waals surface area contributed by atoms with E-state index < -0.39 is 0 Å². The summed E-state index contributed by atoms with van der Waals surface area (Å²) >= 11 is 13.7. The van der Waals surface area contributed by atoms with Crippen molar-refractivity contribution in [1.29, 1.82) is 0 Å². The van der Waals surface area contributed by atoms with Crippen molar-refractivity contribution in [3.8, 4) is 0 Å². The summed E-state index contributed by atoms with van der Waals surface area (Å²) in [5.74, 6) is 1.96. The SMILES string of the molecule is Cc1nnc(SCc2ccc(Cl)cc2Cl)n1/N=C\[C@H]1CC=CCC1. The van der Waals surface area contributed by atoms with Crippen molar-refractivity contribution in [2.45, 2.75) is 37.1 Å². The van der Waals surface area contributed by atoms with Crippen LogP contribution < -0.4 is 0 Å². The van der Waals surface area contributed by atoms with Gasteiger partial charge >= 0.3 is 0 Å². The molecule has 0 saturated heterocycles. The second-order valence-corrected chi connectivity index (χ2v) is 7.46. The standard InChI is InChI=1S/C17H18Cl2N4S/c1-12-21-22-17(23(12)20-10-13-5-3-2-4-6-13)24-11-14-7-8-15(18)9-16(14)19/h2-3,7-10,13H,4-6,11H2,1H3/b20-10-/t13-/m0/s1. The lowest BCUT2D eigenvalue weighted by molar-refractivity contribution is 0.617. The molecule has 2 aromatic rings. The van der Waals surface area contributed by atoms with Gasteiger partial charge in [0.2, 0.25) is 5.16 Å². The summed E-state index contributed by atoms with van der Waals surface area (Å²) in [5, 5.41) is 15.0. The fraction of sp³-hybridized carbons (Fsp3) is 0.353. The maximum Gasteiger partial charge on any atom is 0.212 e. The quantitative estimate of drug-likeness (QED) is 0.397. The van der Waals surface area contributed by atoms with E-state index in [1.165, 1.54) is 0 Å². The molecular formula is C17H18Cl2N4S. The van der Waals surface area contributed by atoms with Gasteiger partial charge in [-0.2, -0.15) is 9.78 Å². The zero-order chi connectivity index (χ0) is 16.9. The van der Waals surface area contributed by atoms with Crippen molar-refractivity contribution in [2.75, 3.05) is 0 Å². The molecule has 1 aliphatic carbocycles. The van der Waals surface area contributed by atoms with Crippen LogP contribution in [0.15, 0.2) is 40.6 Å². The number of aromatic nitrogens is 3. The van der Waals surface area contributed by atoms with Crippen molar-refractivity contribution in [3.05, 3.63) is 51.8 Å². The van der Waals surface area contributed by atoms with Crippen molar-refractivity contribution in [1.82, 2.24) is 14.9 Å². The zero-order valence-electron chi connectivity index (χ0n) is 13.3. The Balaban J connectivity index is 1.70. The molecule has 1 heterocycles. The van der Waals surface area contributed by atoms with Gasteiger partial charge in [-0.3, -0.25) is 0 Å². The van der Waals surface area contributed by atoms with Crippen LogP contribution in [0.3, 0.4) is 0 Å². The molecule has 0 amide bonds. The number of halogens is 2. The van der Waals surface area contributed by atoms with E-state index in [4.69, 9.17) is 23.2 Å². The minimum atomic E-state index is 0.486. The minimum Gasteiger partial charge on any atom is -0.192 e. The van der Waals surface area contributed by atoms with Crippen LogP contribution in [0.1, 0.15) is 30.7 Å². The molecule has 0 aliphatic heterocycles. The molecule has 1 aromatic carbocycles. The molecule has 0 unspecified atom stereocenters. The van der Waals surface area contributed by atoms with Gasteiger partial charge in [0.25, 0.3) is 0 Å². The minimum absolute atomic E-state index is 0.486. The molecule has 1 aromatic heterocycles. The molecule has 1 aliphatic rings. The van der Waals surface area contributed by atoms with Crippen LogP contribution in [0.25, 0.3) is 0 Å². The summed E-state index contributed by atoms with van der Waals surface area (Å²) < 4.78 is 1.80. The smallest absolute Gasteiger partial charge is 0.192 e. The summed E-state index contributed by atoms with van der Waals surface area (Å²) in [7, 11) is 0. The van der Waals surface area contributed by atoms with Crippen molar-refractivity contribution >= 4 is 41.2 Å². The molecule has 7 heteroatoms. The number of hydrogen-bond acceptors (Lipinski definition) is 4. The van der Waals surface area contributed by atoms with Crippen molar-refractivity contribution in [2.24, 2.45) is 11.0 Å². The predicted molar refractivity (Wildman–Crippen MR) is 101 cm³/mol. The lowest BCUT2D eigenvalue weighted by atomic mass is 9.96. The molecule has 24 heavy (non-hydrogen) atoms. The van der Waals surface area contributed by atoms with E-state index in [2.05, 4.69) is 27.5 Å². The van der Waals surface area contributed by atoms with Crippen molar-refractivity contribution in [3.63, 3.8) is 0 Å². The third-order valence-electron chi connectivity index (χ3n) is 3.84. The van der Waals surface area contributed by atoms with E-state index in [0.29, 0.717) is 21.7 Å². The Morgan fingerprint density at radius 2 is 2.21 bits per heavy atom. The normalized spacial score (nSPS) is 17.7. The maximum absolute atomic E-state index is 6.23. The van der Waals surface area contributed by atoms with E-state index in [-0.39, 0.29) is 0 Å². The lowest BCUT2D eigenvalue weighted by Gasteiger charge is -2.12. The molecule has 0 radical (unpaired) electrons. The van der Waals surface area contributed by atoms with Crippen LogP contribution in [0.4, 0.5) is 0 Å². The summed E-state index contributed by atoms with van der Waals surface area (Å²) in [6.45, 7) is 1.91. The number of aryl methyl sites for hydroxylation is 1. The van der Waals surface area contributed by atoms with Crippen LogP contribution in [0.5, 0.6) is 0 Å². The number of thioether (sulfide) groups is 1. The zero-order valence-corrected chi connectivity index (χ0v) is 15.7. The molecule has 3 rings (SSSR count). The van der Waals surface area contributed by atoms with Crippen LogP contribution in [-0.2, 0) is 5.75 Å². The average Bonchev–Trinajstić information content (AvgIpc) is 2.93. The van der Waals surface area contributed by atoms with Gasteiger partial charge in [-0.15, -0.1) is 10.2 Å². The third-order valence-corrected chi connectivity index (χ3v) is 5.40. The first-order valence-corrected chi connectivity index (χ1v) is 9.56. The molecule has 1 atom stereocenters. The molecule has 0 fully saturated rings. The number of hydrogen-bond donors (Lipinski definition) is 0. The first-order chi connectivity index (χ1) is 11.6. The Labute approximate surface area is 155 Å². The highest BCUT2D eigenvalue weighted by molar-refractivity contribution is 7.98. The molecule has 0 spiro atoms. The second-order valence-electron chi connectivity index (χ2n) is 5.68. The van der Waals surface area contributed by atoms with E-state index in [0.717, 1.165) is 35.8 Å². The lowest BCUT2D eigenvalue weighted by Crippen LogP contribution is -2.06. The average molecular weight is 381 g/mol. The molecule has 4 nitrogen and oxygen atoms in total. The molecular weight excluding hydrogens is 363 g/mol. The number of rotatable bonds is 5. The first kappa shape index (κ1) is 17.5. The Bertz CT molecular complexity index is 770. The van der Waals surface area contributed by atoms with Crippen LogP contribution >= 0.6 is 35.0 Å². The fourth-order valence-corrected chi connectivity index (χ4v) is 3.95. The highest BCUT2D eigenvalue weighted by atomic mass is 35.5. The fourth-order valence-electron chi connectivity index (χ4n) is 2.46. The summed E-state index contributed by atoms with van der Waals surface area (Å²) in [4.78, 5) is 0. The van der Waals surface area contributed by atoms with Gasteiger partial charge in [0.15, 0.2) is 5.82 Å². The van der Waals surface area contributed by atoms with E-state index in [9.17, 15) is 0 Å². The predicted octanol–water partition coefficient (Wildman–Crippen LogP) is 5.38. The van der Waals surface area contributed by atoms with Crippen LogP contribution in [0, 0.1) is 12.8 Å². The number of allylic oxidation sites excluding steroid dienone is 2. The first-order valence-electron chi connectivity index (χ1n) is 7.81. The maximum atomic E-state index is 6.23. The Morgan fingerprint density at radius 3 is 2.96 bits per heavy atom. The van der Waals surface area contributed by atoms with E-state index in [1.54, 1.807) is 22.5 Å². The highest BCUT2D eigenvalue weighted by Crippen LogP contribution is 2.28. The molecule has 126 valence electrons. The van der Waals surface area contributed by atoms with E-state index in [1.807, 2.05) is 25.3 Å². The topological polar surface area (TPSA) is 43.1 Å². The Morgan fingerprint density at radius 1 is 1.33 bits per heavy atom. The number of nitrogens with zero attached hydrogens (tertiary/aromatic N) is 4. The van der Waals surface area contributed by atoms with Gasteiger partial charge in [0.1, 0.15) is 0 Å².